The van der Waals surface area contributed by atoms with Crippen LogP contribution in [0.4, 0.5) is 26.3 Å². The minimum atomic E-state index is -4.63. The van der Waals surface area contributed by atoms with E-state index < -0.39 is 40.0 Å². The van der Waals surface area contributed by atoms with E-state index in [1.807, 2.05) is 12.1 Å². The van der Waals surface area contributed by atoms with Gasteiger partial charge in [-0.25, -0.2) is 4.79 Å². The Labute approximate surface area is 294 Å². The molecule has 0 spiro atoms. The normalized spacial score (nSPS) is 25.4. The Kier molecular flexibility index (Phi) is 8.35. The second-order valence-corrected chi connectivity index (χ2v) is 16.6. The van der Waals surface area contributed by atoms with Gasteiger partial charge in [0.2, 0.25) is 0 Å². The third-order valence-electron chi connectivity index (χ3n) is 11.3. The third-order valence-corrected chi connectivity index (χ3v) is 13.9. The highest BCUT2D eigenvalue weighted by Crippen LogP contribution is 2.64. The number of carbonyl (C=O) groups excluding carboxylic acids is 1. The van der Waals surface area contributed by atoms with Gasteiger partial charge in [-0.05, 0) is 157 Å². The van der Waals surface area contributed by atoms with Crippen molar-refractivity contribution in [2.45, 2.75) is 78.3 Å². The molecular weight excluding hydrogens is 690 g/mol. The number of thiol groups is 1. The van der Waals surface area contributed by atoms with E-state index in [9.17, 15) is 31.1 Å². The van der Waals surface area contributed by atoms with Crippen molar-refractivity contribution in [3.05, 3.63) is 102 Å². The van der Waals surface area contributed by atoms with Gasteiger partial charge in [0.25, 0.3) is 0 Å². The molecule has 4 aliphatic carbocycles. The van der Waals surface area contributed by atoms with Crippen LogP contribution >= 0.6 is 10.9 Å². The van der Waals surface area contributed by atoms with Crippen LogP contribution in [0.1, 0.15) is 55.7 Å². The van der Waals surface area contributed by atoms with Gasteiger partial charge in [-0.1, -0.05) is 12.1 Å². The average molecular weight is 727 g/mol. The van der Waals surface area contributed by atoms with Gasteiger partial charge in [-0.3, -0.25) is 0 Å². The van der Waals surface area contributed by atoms with Crippen molar-refractivity contribution >= 4 is 16.9 Å². The number of carbonyl (C=O) groups is 1. The molecule has 268 valence electrons. The number of hydrogen-bond acceptors (Lipinski definition) is 4. The molecular formula is C40H36F6O4S. The number of fused-ring (bicyclic) bond motifs is 3. The summed E-state index contributed by atoms with van der Waals surface area (Å²) in [6, 6.07) is 20.9. The van der Waals surface area contributed by atoms with Gasteiger partial charge in [-0.15, -0.1) is 0 Å². The zero-order chi connectivity index (χ0) is 35.7. The van der Waals surface area contributed by atoms with E-state index in [2.05, 4.69) is 6.92 Å². The summed E-state index contributed by atoms with van der Waals surface area (Å²) in [6.45, 7) is 2.19. The van der Waals surface area contributed by atoms with Crippen LogP contribution in [0.25, 0.3) is 11.1 Å². The zero-order valence-electron chi connectivity index (χ0n) is 27.7. The van der Waals surface area contributed by atoms with E-state index in [4.69, 9.17) is 14.2 Å². The number of hydrogen-bond donors (Lipinski definition) is 1. The Morgan fingerprint density at radius 3 is 1.69 bits per heavy atom. The van der Waals surface area contributed by atoms with Gasteiger partial charge in [-0.2, -0.15) is 37.2 Å². The van der Waals surface area contributed by atoms with E-state index in [1.165, 1.54) is 18.6 Å². The van der Waals surface area contributed by atoms with E-state index in [0.717, 1.165) is 72.2 Å². The zero-order valence-corrected chi connectivity index (χ0v) is 28.6. The number of alkyl halides is 6. The molecule has 4 aromatic rings. The first kappa shape index (κ1) is 34.0. The van der Waals surface area contributed by atoms with Crippen LogP contribution in [0.15, 0.2) is 99.6 Å². The molecule has 0 atom stereocenters. The molecule has 11 heteroatoms. The monoisotopic (exact) mass is 726 g/mol. The molecule has 0 N–H and O–H groups in total. The summed E-state index contributed by atoms with van der Waals surface area (Å²) in [5, 5.41) is 0. The van der Waals surface area contributed by atoms with E-state index in [0.29, 0.717) is 33.1 Å². The molecule has 4 nitrogen and oxygen atoms in total. The molecule has 0 aromatic heterocycles. The number of rotatable bonds is 8. The fourth-order valence-corrected chi connectivity index (χ4v) is 11.5. The van der Waals surface area contributed by atoms with Crippen LogP contribution in [0, 0.1) is 23.7 Å². The van der Waals surface area contributed by atoms with E-state index in [1.54, 1.807) is 36.4 Å². The summed E-state index contributed by atoms with van der Waals surface area (Å²) >= 11 is 0. The van der Waals surface area contributed by atoms with Crippen molar-refractivity contribution in [1.82, 2.24) is 0 Å². The highest BCUT2D eigenvalue weighted by Gasteiger charge is 2.57. The van der Waals surface area contributed by atoms with Crippen molar-refractivity contribution in [3.8, 4) is 22.6 Å². The van der Waals surface area contributed by atoms with Gasteiger partial charge in [0.15, 0.2) is 6.61 Å². The first-order valence-electron chi connectivity index (χ1n) is 17.1. The van der Waals surface area contributed by atoms with Crippen LogP contribution in [-0.2, 0) is 28.5 Å². The third kappa shape index (κ3) is 6.47. The summed E-state index contributed by atoms with van der Waals surface area (Å²) in [4.78, 5) is 14.7. The smallest absolute Gasteiger partial charge is 0.416 e. The van der Waals surface area contributed by atoms with Crippen LogP contribution in [0.3, 0.4) is 0 Å². The quantitative estimate of drug-likeness (QED) is 0.0982. The lowest BCUT2D eigenvalue weighted by atomic mass is 9.50. The molecule has 1 heterocycles. The fourth-order valence-electron chi connectivity index (χ4n) is 8.90. The van der Waals surface area contributed by atoms with Crippen molar-refractivity contribution < 1.29 is 45.3 Å². The van der Waals surface area contributed by atoms with Crippen molar-refractivity contribution in [1.29, 1.82) is 0 Å². The van der Waals surface area contributed by atoms with Gasteiger partial charge in [0, 0.05) is 9.79 Å². The fraction of sp³-hybridized carbons (Fsp3) is 0.375. The predicted octanol–water partition coefficient (Wildman–Crippen LogP) is 10.9. The Hall–Kier alpha value is -4.12. The Morgan fingerprint density at radius 1 is 0.686 bits per heavy atom. The second kappa shape index (κ2) is 12.5. The molecule has 0 amide bonds. The van der Waals surface area contributed by atoms with Crippen LogP contribution in [-0.4, -0.2) is 18.2 Å². The van der Waals surface area contributed by atoms with Gasteiger partial charge in [0.05, 0.1) is 11.1 Å². The summed E-state index contributed by atoms with van der Waals surface area (Å²) in [5.41, 5.74) is -1.03. The Bertz CT molecular complexity index is 1860. The lowest BCUT2D eigenvalue weighted by Gasteiger charge is -2.59. The molecule has 9 rings (SSSR count). The van der Waals surface area contributed by atoms with Crippen molar-refractivity contribution in [2.75, 3.05) is 6.61 Å². The summed E-state index contributed by atoms with van der Waals surface area (Å²) in [7, 11) is -1.39. The molecule has 4 saturated carbocycles. The molecule has 4 aromatic carbocycles. The van der Waals surface area contributed by atoms with Crippen LogP contribution in [0.2, 0.25) is 0 Å². The minimum Gasteiger partial charge on any atom is -0.489 e. The Morgan fingerprint density at radius 2 is 1.18 bits per heavy atom. The maximum Gasteiger partial charge on any atom is 0.416 e. The van der Waals surface area contributed by atoms with Crippen molar-refractivity contribution in [2.24, 2.45) is 23.7 Å². The molecule has 0 saturated heterocycles. The van der Waals surface area contributed by atoms with E-state index in [-0.39, 0.29) is 30.3 Å². The number of benzene rings is 4. The largest absolute Gasteiger partial charge is 0.489 e. The van der Waals surface area contributed by atoms with Crippen molar-refractivity contribution in [3.63, 3.8) is 0 Å². The molecule has 51 heavy (non-hydrogen) atoms. The molecule has 1 aliphatic heterocycles. The molecule has 4 bridgehead atoms. The van der Waals surface area contributed by atoms with Gasteiger partial charge in [0.1, 0.15) is 23.7 Å². The number of esters is 1. The van der Waals surface area contributed by atoms with Crippen LogP contribution < -0.4 is 9.47 Å². The summed E-state index contributed by atoms with van der Waals surface area (Å²) in [6.07, 6.45) is -3.32. The predicted molar refractivity (Wildman–Crippen MR) is 180 cm³/mol. The maximum atomic E-state index is 13.6. The second-order valence-electron chi connectivity index (χ2n) is 14.5. The first-order valence-corrected chi connectivity index (χ1v) is 18.5. The van der Waals surface area contributed by atoms with Gasteiger partial charge < -0.3 is 14.2 Å². The highest BCUT2D eigenvalue weighted by molar-refractivity contribution is 8.17. The standard InChI is InChI=1S/C40H36F6O4S/c1-38(28-15-24-14-25(17-28)18-29(38)16-24)50-37(47)22-49-30-6-2-23(3-7-30)21-48-31-8-10-32(11-9-31)51-35-12-4-26(39(41,42)43)19-33(35)34-20-27(40(44,45)46)5-13-36(34)51/h2-13,19-20,24-25,28-29,51H,14-18,21-22H2,1H3. The summed E-state index contributed by atoms with van der Waals surface area (Å²) in [5.74, 6) is 3.20. The number of ether oxygens (including phenoxy) is 3. The van der Waals surface area contributed by atoms with Crippen LogP contribution in [0.5, 0.6) is 11.5 Å². The molecule has 4 fully saturated rings. The molecule has 5 aliphatic rings. The maximum absolute atomic E-state index is 13.6. The SMILES string of the molecule is CC1(OC(=O)COc2ccc(COc3ccc([SH]4c5ccc(C(F)(F)F)cc5-c5cc(C(F)(F)F)ccc54)cc3)cc2)C2CC3CC(C2)CC1C3. The van der Waals surface area contributed by atoms with Gasteiger partial charge >= 0.3 is 18.3 Å². The highest BCUT2D eigenvalue weighted by atomic mass is 32.2. The minimum absolute atomic E-state index is 0.158. The number of halogens is 6. The average Bonchev–Trinajstić information content (AvgIpc) is 3.42. The van der Waals surface area contributed by atoms with E-state index >= 15 is 0 Å². The lowest BCUT2D eigenvalue weighted by Crippen LogP contribution is -2.58. The molecule has 0 radical (unpaired) electrons. The summed E-state index contributed by atoms with van der Waals surface area (Å²) < 4.78 is 99.2. The topological polar surface area (TPSA) is 44.8 Å². The lowest BCUT2D eigenvalue weighted by molar-refractivity contribution is -0.204. The Balaban J connectivity index is 0.899. The molecule has 0 unspecified atom stereocenters. The first-order chi connectivity index (χ1) is 24.2.